The van der Waals surface area contributed by atoms with E-state index in [2.05, 4.69) is 20.8 Å². The predicted molar refractivity (Wildman–Crippen MR) is 133 cm³/mol. The zero-order valence-corrected chi connectivity index (χ0v) is 20.8. The van der Waals surface area contributed by atoms with Gasteiger partial charge in [-0.05, 0) is 43.9 Å². The molecular weight excluding hydrogens is 416 g/mol. The topological polar surface area (TPSA) is 54.0 Å². The lowest BCUT2D eigenvalue weighted by Crippen LogP contribution is -2.07. The van der Waals surface area contributed by atoms with Crippen molar-refractivity contribution in [1.82, 2.24) is 0 Å². The minimum atomic E-state index is 0.0757. The molecule has 0 unspecified atom stereocenters. The first-order chi connectivity index (χ1) is 16.1. The van der Waals surface area contributed by atoms with E-state index in [1.807, 2.05) is 36.4 Å². The fourth-order valence-corrected chi connectivity index (χ4v) is 3.36. The summed E-state index contributed by atoms with van der Waals surface area (Å²) in [5.74, 6) is 2.92. The first kappa shape index (κ1) is 26.6. The number of carbonyl (C=O) groups excluding carboxylic acids is 1. The van der Waals surface area contributed by atoms with Crippen LogP contribution >= 0.6 is 0 Å². The molecule has 5 heteroatoms. The Morgan fingerprint density at radius 3 is 2.06 bits per heavy atom. The molecule has 0 saturated heterocycles. The zero-order chi connectivity index (χ0) is 23.9. The van der Waals surface area contributed by atoms with Crippen LogP contribution in [0.2, 0.25) is 0 Å². The van der Waals surface area contributed by atoms with Crippen LogP contribution in [0, 0.1) is 0 Å². The quantitative estimate of drug-likeness (QED) is 0.189. The summed E-state index contributed by atoms with van der Waals surface area (Å²) < 4.78 is 23.4. The van der Waals surface area contributed by atoms with E-state index in [-0.39, 0.29) is 5.78 Å². The number of benzene rings is 2. The van der Waals surface area contributed by atoms with Crippen LogP contribution in [0.4, 0.5) is 0 Å². The van der Waals surface area contributed by atoms with Gasteiger partial charge in [0.2, 0.25) is 0 Å². The van der Waals surface area contributed by atoms with Gasteiger partial charge in [0.05, 0.1) is 26.9 Å². The van der Waals surface area contributed by atoms with Crippen molar-refractivity contribution in [2.45, 2.75) is 72.1 Å². The summed E-state index contributed by atoms with van der Waals surface area (Å²) in [5.41, 5.74) is 1.60. The Labute approximate surface area is 199 Å². The second-order valence-corrected chi connectivity index (χ2v) is 8.17. The lowest BCUT2D eigenvalue weighted by Gasteiger charge is -2.17. The molecule has 0 atom stereocenters. The highest BCUT2D eigenvalue weighted by molar-refractivity contribution is 5.96. The number of aryl methyl sites for hydroxylation is 1. The van der Waals surface area contributed by atoms with Gasteiger partial charge in [0, 0.05) is 23.6 Å². The van der Waals surface area contributed by atoms with Crippen LogP contribution < -0.4 is 18.9 Å². The molecule has 0 radical (unpaired) electrons. The zero-order valence-electron chi connectivity index (χ0n) is 20.8. The minimum Gasteiger partial charge on any atom is -0.494 e. The molecule has 2 rings (SSSR count). The van der Waals surface area contributed by atoms with Gasteiger partial charge in [-0.15, -0.1) is 0 Å². The third kappa shape index (κ3) is 8.99. The Hall–Kier alpha value is -2.69. The summed E-state index contributed by atoms with van der Waals surface area (Å²) in [6, 6.07) is 11.3. The first-order valence-corrected chi connectivity index (χ1v) is 12.3. The van der Waals surface area contributed by atoms with Crippen molar-refractivity contribution in [2.24, 2.45) is 0 Å². The van der Waals surface area contributed by atoms with Gasteiger partial charge in [0.15, 0.2) is 17.3 Å². The normalized spacial score (nSPS) is 10.7. The Morgan fingerprint density at radius 2 is 1.42 bits per heavy atom. The number of hydrogen-bond donors (Lipinski definition) is 0. The second-order valence-electron chi connectivity index (χ2n) is 8.17. The lowest BCUT2D eigenvalue weighted by atomic mass is 10.0. The fraction of sp³-hybridized carbons (Fsp3) is 0.536. The number of carbonyl (C=O) groups is 1. The van der Waals surface area contributed by atoms with Crippen molar-refractivity contribution in [3.8, 4) is 23.0 Å². The highest BCUT2D eigenvalue weighted by Crippen LogP contribution is 2.37. The van der Waals surface area contributed by atoms with E-state index < -0.39 is 0 Å². The Kier molecular flexibility index (Phi) is 12.2. The molecule has 0 aromatic heterocycles. The molecular formula is C28H40O5. The van der Waals surface area contributed by atoms with Gasteiger partial charge in [-0.2, -0.15) is 0 Å². The van der Waals surface area contributed by atoms with E-state index in [9.17, 15) is 4.79 Å². The Morgan fingerprint density at radius 1 is 0.788 bits per heavy atom. The third-order valence-corrected chi connectivity index (χ3v) is 5.38. The van der Waals surface area contributed by atoms with Gasteiger partial charge in [-0.1, -0.05) is 52.2 Å². The average Bonchev–Trinajstić information content (AvgIpc) is 2.83. The standard InChI is InChI=1S/C28H40O5/c1-5-8-16-31-24-13-11-12-22(19-24)26(29)15-14-23-20-25(32-17-9-6-2)21-27(30-4)28(23)33-18-10-7-3/h11-13,19-21H,5-10,14-18H2,1-4H3. The van der Waals surface area contributed by atoms with Crippen LogP contribution in [0.5, 0.6) is 23.0 Å². The monoisotopic (exact) mass is 456 g/mol. The molecule has 0 saturated carbocycles. The number of unbranched alkanes of at least 4 members (excludes halogenated alkanes) is 3. The van der Waals surface area contributed by atoms with Crippen molar-refractivity contribution >= 4 is 5.78 Å². The second kappa shape index (κ2) is 15.2. The van der Waals surface area contributed by atoms with E-state index in [4.69, 9.17) is 18.9 Å². The van der Waals surface area contributed by atoms with E-state index >= 15 is 0 Å². The Bertz CT molecular complexity index is 846. The smallest absolute Gasteiger partial charge is 0.164 e. The number of methoxy groups -OCH3 is 1. The summed E-state index contributed by atoms with van der Waals surface area (Å²) >= 11 is 0. The van der Waals surface area contributed by atoms with Crippen LogP contribution in [-0.2, 0) is 6.42 Å². The van der Waals surface area contributed by atoms with Crippen LogP contribution in [0.15, 0.2) is 36.4 Å². The fourth-order valence-electron chi connectivity index (χ4n) is 3.36. The van der Waals surface area contributed by atoms with Crippen molar-refractivity contribution in [1.29, 1.82) is 0 Å². The van der Waals surface area contributed by atoms with Crippen LogP contribution in [0.3, 0.4) is 0 Å². The predicted octanol–water partition coefficient (Wildman–Crippen LogP) is 7.05. The van der Waals surface area contributed by atoms with Crippen molar-refractivity contribution < 1.29 is 23.7 Å². The van der Waals surface area contributed by atoms with Crippen molar-refractivity contribution in [3.05, 3.63) is 47.5 Å². The number of ketones is 1. The van der Waals surface area contributed by atoms with Crippen molar-refractivity contribution in [3.63, 3.8) is 0 Å². The summed E-state index contributed by atoms with van der Waals surface area (Å²) in [7, 11) is 1.64. The van der Waals surface area contributed by atoms with Crippen molar-refractivity contribution in [2.75, 3.05) is 26.9 Å². The van der Waals surface area contributed by atoms with Crippen LogP contribution in [-0.4, -0.2) is 32.7 Å². The molecule has 0 amide bonds. The minimum absolute atomic E-state index is 0.0757. The molecule has 0 aliphatic heterocycles. The summed E-state index contributed by atoms with van der Waals surface area (Å²) in [4.78, 5) is 13.0. The van der Waals surface area contributed by atoms with Gasteiger partial charge in [-0.25, -0.2) is 0 Å². The van der Waals surface area contributed by atoms with E-state index in [1.54, 1.807) is 7.11 Å². The molecule has 5 nitrogen and oxygen atoms in total. The van der Waals surface area contributed by atoms with E-state index in [0.717, 1.165) is 55.6 Å². The maximum Gasteiger partial charge on any atom is 0.164 e. The molecule has 2 aromatic rings. The van der Waals surface area contributed by atoms with Crippen LogP contribution in [0.25, 0.3) is 0 Å². The maximum atomic E-state index is 13.0. The van der Waals surface area contributed by atoms with Gasteiger partial charge >= 0.3 is 0 Å². The largest absolute Gasteiger partial charge is 0.494 e. The average molecular weight is 457 g/mol. The first-order valence-electron chi connectivity index (χ1n) is 12.3. The highest BCUT2D eigenvalue weighted by Gasteiger charge is 2.16. The molecule has 182 valence electrons. The van der Waals surface area contributed by atoms with E-state index in [0.29, 0.717) is 49.7 Å². The summed E-state index contributed by atoms with van der Waals surface area (Å²) in [6.07, 6.45) is 7.04. The number of ether oxygens (including phenoxy) is 4. The molecule has 0 N–H and O–H groups in total. The summed E-state index contributed by atoms with van der Waals surface area (Å²) in [6.45, 7) is 8.32. The molecule has 0 aliphatic carbocycles. The molecule has 0 fully saturated rings. The number of hydrogen-bond acceptors (Lipinski definition) is 5. The highest BCUT2D eigenvalue weighted by atomic mass is 16.5. The van der Waals surface area contributed by atoms with Gasteiger partial charge in [0.1, 0.15) is 11.5 Å². The van der Waals surface area contributed by atoms with Gasteiger partial charge in [0.25, 0.3) is 0 Å². The van der Waals surface area contributed by atoms with E-state index in [1.165, 1.54) is 0 Å². The Balaban J connectivity index is 2.16. The van der Waals surface area contributed by atoms with Gasteiger partial charge < -0.3 is 18.9 Å². The third-order valence-electron chi connectivity index (χ3n) is 5.38. The number of Topliss-reactive ketones (excluding diaryl/α,β-unsaturated/α-hetero) is 1. The molecule has 2 aromatic carbocycles. The number of rotatable bonds is 17. The molecule has 0 bridgehead atoms. The maximum absolute atomic E-state index is 13.0. The molecule has 0 spiro atoms. The lowest BCUT2D eigenvalue weighted by molar-refractivity contribution is 0.0982. The summed E-state index contributed by atoms with van der Waals surface area (Å²) in [5, 5.41) is 0. The molecule has 0 aliphatic rings. The molecule has 0 heterocycles. The molecule has 33 heavy (non-hydrogen) atoms. The van der Waals surface area contributed by atoms with Gasteiger partial charge in [-0.3, -0.25) is 4.79 Å². The van der Waals surface area contributed by atoms with Crippen LogP contribution in [0.1, 0.15) is 81.6 Å². The SMILES string of the molecule is CCCCOc1cccc(C(=O)CCc2cc(OCCCC)cc(OC)c2OCCCC)c1.